The van der Waals surface area contributed by atoms with Crippen LogP contribution in [-0.4, -0.2) is 26.6 Å². The van der Waals surface area contributed by atoms with E-state index in [9.17, 15) is 13.6 Å². The first kappa shape index (κ1) is 19.6. The molecule has 4 rings (SSSR count). The predicted molar refractivity (Wildman–Crippen MR) is 112 cm³/mol. The highest BCUT2D eigenvalue weighted by atomic mass is 19.3. The smallest absolute Gasteiger partial charge is 0.387 e. The maximum atomic E-state index is 13.1. The number of ketones is 1. The van der Waals surface area contributed by atoms with Crippen molar-refractivity contribution < 1.29 is 18.3 Å². The number of aromatic nitrogens is 3. The minimum absolute atomic E-state index is 0.0663. The molecule has 0 aliphatic heterocycles. The molecule has 0 N–H and O–H groups in total. The summed E-state index contributed by atoms with van der Waals surface area (Å²) in [4.78, 5) is 13.1. The molecule has 7 heteroatoms. The number of para-hydroxylation sites is 2. The maximum Gasteiger partial charge on any atom is 0.387 e. The van der Waals surface area contributed by atoms with E-state index in [0.717, 1.165) is 11.0 Å². The highest BCUT2D eigenvalue weighted by Gasteiger charge is 2.21. The monoisotopic (exact) mass is 407 g/mol. The molecule has 0 bridgehead atoms. The number of aryl methyl sites for hydroxylation is 1. The molecule has 0 spiro atoms. The van der Waals surface area contributed by atoms with Gasteiger partial charge in [-0.1, -0.05) is 36.4 Å². The Morgan fingerprint density at radius 3 is 2.53 bits per heavy atom. The van der Waals surface area contributed by atoms with Crippen LogP contribution in [0, 0.1) is 6.92 Å². The third kappa shape index (κ3) is 3.50. The van der Waals surface area contributed by atoms with Gasteiger partial charge in [0.2, 0.25) is 0 Å². The van der Waals surface area contributed by atoms with Crippen LogP contribution in [0.5, 0.6) is 5.75 Å². The Morgan fingerprint density at radius 2 is 1.87 bits per heavy atom. The van der Waals surface area contributed by atoms with Gasteiger partial charge in [0.1, 0.15) is 11.4 Å². The number of fused-ring (bicyclic) bond motifs is 3. The Balaban J connectivity index is 1.72. The fourth-order valence-electron chi connectivity index (χ4n) is 3.54. The van der Waals surface area contributed by atoms with Gasteiger partial charge in [-0.15, -0.1) is 6.58 Å². The van der Waals surface area contributed by atoms with Crippen LogP contribution in [0.15, 0.2) is 67.3 Å². The van der Waals surface area contributed by atoms with Crippen LogP contribution in [0.2, 0.25) is 0 Å². The number of benzene rings is 2. The number of carbonyl (C=O) groups excluding carboxylic acids is 1. The lowest BCUT2D eigenvalue weighted by Gasteiger charge is -2.04. The summed E-state index contributed by atoms with van der Waals surface area (Å²) < 4.78 is 32.7. The van der Waals surface area contributed by atoms with Crippen LogP contribution in [0.4, 0.5) is 8.78 Å². The number of halogens is 2. The first-order chi connectivity index (χ1) is 14.5. The van der Waals surface area contributed by atoms with E-state index in [-0.39, 0.29) is 11.5 Å². The molecule has 0 aliphatic rings. The number of hydrogen-bond donors (Lipinski definition) is 0. The molecular weight excluding hydrogens is 388 g/mol. The summed E-state index contributed by atoms with van der Waals surface area (Å²) in [5, 5.41) is 4.58. The van der Waals surface area contributed by atoms with Gasteiger partial charge in [-0.05, 0) is 42.8 Å². The third-order valence-corrected chi connectivity index (χ3v) is 4.78. The second kappa shape index (κ2) is 7.94. The van der Waals surface area contributed by atoms with Crippen molar-refractivity contribution in [2.75, 3.05) is 0 Å². The number of rotatable bonds is 7. The Kier molecular flexibility index (Phi) is 5.18. The number of alkyl halides is 2. The van der Waals surface area contributed by atoms with Crippen molar-refractivity contribution >= 4 is 28.5 Å². The largest absolute Gasteiger partial charge is 0.435 e. The molecule has 0 saturated heterocycles. The van der Waals surface area contributed by atoms with E-state index in [1.165, 1.54) is 18.2 Å². The highest BCUT2D eigenvalue weighted by Crippen LogP contribution is 2.26. The summed E-state index contributed by atoms with van der Waals surface area (Å²) in [6, 6.07) is 13.9. The molecule has 2 aromatic carbocycles. The fourth-order valence-corrected chi connectivity index (χ4v) is 3.54. The zero-order chi connectivity index (χ0) is 21.3. The molecule has 2 heterocycles. The average molecular weight is 407 g/mol. The van der Waals surface area contributed by atoms with Crippen LogP contribution in [0.1, 0.15) is 21.6 Å². The van der Waals surface area contributed by atoms with Crippen molar-refractivity contribution in [3.63, 3.8) is 0 Å². The Hall–Kier alpha value is -3.74. The highest BCUT2D eigenvalue weighted by molar-refractivity contribution is 6.12. The number of ether oxygens (including phenoxy) is 1. The lowest BCUT2D eigenvalue weighted by Crippen LogP contribution is -2.02. The molecule has 0 unspecified atom stereocenters. The van der Waals surface area contributed by atoms with Gasteiger partial charge in [-0.25, -0.2) is 4.52 Å². The predicted octanol–water partition coefficient (Wildman–Crippen LogP) is 5.28. The molecule has 0 aliphatic carbocycles. The molecule has 4 aromatic rings. The van der Waals surface area contributed by atoms with Crippen LogP contribution >= 0.6 is 0 Å². The summed E-state index contributed by atoms with van der Waals surface area (Å²) in [7, 11) is 0. The lowest BCUT2D eigenvalue weighted by molar-refractivity contribution is -0.0498. The van der Waals surface area contributed by atoms with Crippen molar-refractivity contribution in [1.29, 1.82) is 0 Å². The van der Waals surface area contributed by atoms with Crippen molar-refractivity contribution in [2.45, 2.75) is 20.1 Å². The topological polar surface area (TPSA) is 48.5 Å². The van der Waals surface area contributed by atoms with E-state index in [0.29, 0.717) is 29.0 Å². The summed E-state index contributed by atoms with van der Waals surface area (Å²) in [5.74, 6) is -0.125. The zero-order valence-electron chi connectivity index (χ0n) is 16.3. The molecule has 30 heavy (non-hydrogen) atoms. The molecule has 2 aromatic heterocycles. The molecule has 0 fully saturated rings. The Morgan fingerprint density at radius 1 is 1.17 bits per heavy atom. The Bertz CT molecular complexity index is 1270. The molecule has 0 saturated carbocycles. The molecule has 0 amide bonds. The number of hydrogen-bond acceptors (Lipinski definition) is 3. The standard InChI is InChI=1S/C23H19F2N3O2/c1-3-14-27-18-6-4-5-7-19(18)28-22(27)21(15(2)26-28)20(29)13-10-16-8-11-17(12-9-16)30-23(24)25/h3-13,23H,1,14H2,2H3. The number of carbonyl (C=O) groups is 1. The second-order valence-corrected chi connectivity index (χ2v) is 6.73. The van der Waals surface area contributed by atoms with Gasteiger partial charge < -0.3 is 9.30 Å². The number of imidazole rings is 1. The molecular formula is C23H19F2N3O2. The summed E-state index contributed by atoms with van der Waals surface area (Å²) in [6.45, 7) is 3.30. The zero-order valence-corrected chi connectivity index (χ0v) is 16.3. The molecule has 5 nitrogen and oxygen atoms in total. The van der Waals surface area contributed by atoms with E-state index in [2.05, 4.69) is 16.4 Å². The van der Waals surface area contributed by atoms with Crippen molar-refractivity contribution in [2.24, 2.45) is 0 Å². The first-order valence-corrected chi connectivity index (χ1v) is 9.34. The van der Waals surface area contributed by atoms with E-state index in [4.69, 9.17) is 0 Å². The van der Waals surface area contributed by atoms with Crippen LogP contribution < -0.4 is 4.74 Å². The molecule has 0 atom stereocenters. The van der Waals surface area contributed by atoms with E-state index >= 15 is 0 Å². The van der Waals surface area contributed by atoms with Crippen molar-refractivity contribution in [1.82, 2.24) is 14.2 Å². The van der Waals surface area contributed by atoms with Gasteiger partial charge >= 0.3 is 6.61 Å². The van der Waals surface area contributed by atoms with Gasteiger partial charge in [-0.3, -0.25) is 4.79 Å². The first-order valence-electron chi connectivity index (χ1n) is 9.34. The van der Waals surface area contributed by atoms with Crippen LogP contribution in [-0.2, 0) is 6.54 Å². The summed E-state index contributed by atoms with van der Waals surface area (Å²) in [5.41, 5.74) is 4.43. The van der Waals surface area contributed by atoms with Crippen LogP contribution in [0.3, 0.4) is 0 Å². The maximum absolute atomic E-state index is 13.1. The number of nitrogens with zero attached hydrogens (tertiary/aromatic N) is 3. The molecule has 152 valence electrons. The van der Waals surface area contributed by atoms with E-state index < -0.39 is 6.61 Å². The van der Waals surface area contributed by atoms with Crippen LogP contribution in [0.25, 0.3) is 22.8 Å². The van der Waals surface area contributed by atoms with E-state index in [1.807, 2.05) is 28.8 Å². The quantitative estimate of drug-likeness (QED) is 0.238. The summed E-state index contributed by atoms with van der Waals surface area (Å²) >= 11 is 0. The normalized spacial score (nSPS) is 11.7. The minimum atomic E-state index is -2.87. The number of allylic oxidation sites excluding steroid dienone is 2. The van der Waals surface area contributed by atoms with Gasteiger partial charge in [0, 0.05) is 6.54 Å². The van der Waals surface area contributed by atoms with Gasteiger partial charge in [0.15, 0.2) is 5.78 Å². The van der Waals surface area contributed by atoms with Gasteiger partial charge in [0.05, 0.1) is 22.3 Å². The van der Waals surface area contributed by atoms with E-state index in [1.54, 1.807) is 35.7 Å². The summed E-state index contributed by atoms with van der Waals surface area (Å²) in [6.07, 6.45) is 4.88. The molecule has 0 radical (unpaired) electrons. The fraction of sp³-hybridized carbons (Fsp3) is 0.130. The third-order valence-electron chi connectivity index (χ3n) is 4.78. The average Bonchev–Trinajstić information content (AvgIpc) is 3.21. The Labute approximate surface area is 171 Å². The minimum Gasteiger partial charge on any atom is -0.435 e. The second-order valence-electron chi connectivity index (χ2n) is 6.73. The van der Waals surface area contributed by atoms with Crippen molar-refractivity contribution in [3.8, 4) is 5.75 Å². The van der Waals surface area contributed by atoms with Gasteiger partial charge in [-0.2, -0.15) is 13.9 Å². The SMILES string of the molecule is C=CCn1c2ccccc2n2nc(C)c(C(=O)C=Cc3ccc(OC(F)F)cc3)c12. The van der Waals surface area contributed by atoms with Gasteiger partial charge in [0.25, 0.3) is 0 Å². The van der Waals surface area contributed by atoms with Crippen molar-refractivity contribution in [3.05, 3.63) is 84.1 Å². The lowest BCUT2D eigenvalue weighted by atomic mass is 10.1.